The maximum absolute atomic E-state index is 2.55. The minimum absolute atomic E-state index is 0.997. The zero-order chi connectivity index (χ0) is 21.3. The molecule has 1 aromatic carbocycles. The van der Waals surface area contributed by atoms with Crippen LogP contribution in [0.2, 0.25) is 0 Å². The van der Waals surface area contributed by atoms with Crippen LogP contribution in [0.3, 0.4) is 0 Å². The van der Waals surface area contributed by atoms with Crippen molar-refractivity contribution in [3.8, 4) is 0 Å². The molecule has 0 saturated carbocycles. The van der Waals surface area contributed by atoms with Crippen LogP contribution in [0.5, 0.6) is 0 Å². The number of rotatable bonds is 18. The van der Waals surface area contributed by atoms with Gasteiger partial charge < -0.3 is 0 Å². The van der Waals surface area contributed by atoms with Crippen LogP contribution in [0.15, 0.2) is 42.7 Å². The molecule has 0 fully saturated rings. The van der Waals surface area contributed by atoms with E-state index in [4.69, 9.17) is 0 Å². The van der Waals surface area contributed by atoms with Crippen molar-refractivity contribution in [2.75, 3.05) is 0 Å². The summed E-state index contributed by atoms with van der Waals surface area (Å²) in [4.78, 5) is 0. The summed E-state index contributed by atoms with van der Waals surface area (Å²) in [5.41, 5.74) is 1.40. The van der Waals surface area contributed by atoms with E-state index in [1.54, 1.807) is 0 Å². The van der Waals surface area contributed by atoms with Crippen molar-refractivity contribution in [1.29, 1.82) is 0 Å². The minimum atomic E-state index is 0.997. The largest absolute Gasteiger partial charge is 0.256 e. The number of imidazole rings is 1. The maximum Gasteiger partial charge on any atom is 0.256 e. The van der Waals surface area contributed by atoms with Gasteiger partial charge in [-0.2, -0.15) is 0 Å². The van der Waals surface area contributed by atoms with Gasteiger partial charge in [-0.15, -0.1) is 0 Å². The molecule has 2 nitrogen and oxygen atoms in total. The van der Waals surface area contributed by atoms with Gasteiger partial charge in [-0.05, 0) is 24.8 Å². The summed E-state index contributed by atoms with van der Waals surface area (Å²) in [6, 6.07) is 10.9. The Bertz CT molecular complexity index is 644. The standard InChI is InChI=1S/C28H47N2/c1-3-5-7-9-11-12-13-18-22-28-29(23-19-14-10-8-6-4-2)24-25-30(28)26-27-20-16-15-17-21-27/h15-17,20-21,24-25H,3-14,18-19,22-23,26H2,1-2H3/q+1. The zero-order valence-corrected chi connectivity index (χ0v) is 20.0. The number of aryl methyl sites for hydroxylation is 1. The minimum Gasteiger partial charge on any atom is -0.234 e. The first-order valence-electron chi connectivity index (χ1n) is 13.0. The monoisotopic (exact) mass is 411 g/mol. The molecule has 0 unspecified atom stereocenters. The third kappa shape index (κ3) is 9.96. The second kappa shape index (κ2) is 16.2. The fourth-order valence-corrected chi connectivity index (χ4v) is 4.39. The fraction of sp³-hybridized carbons (Fsp3) is 0.679. The van der Waals surface area contributed by atoms with Gasteiger partial charge in [-0.1, -0.05) is 115 Å². The van der Waals surface area contributed by atoms with Crippen molar-refractivity contribution >= 4 is 0 Å². The van der Waals surface area contributed by atoms with E-state index in [-0.39, 0.29) is 0 Å². The Morgan fingerprint density at radius 2 is 1.23 bits per heavy atom. The molecule has 1 aromatic heterocycles. The smallest absolute Gasteiger partial charge is 0.234 e. The highest BCUT2D eigenvalue weighted by molar-refractivity contribution is 5.13. The van der Waals surface area contributed by atoms with Crippen LogP contribution < -0.4 is 4.57 Å². The first-order chi connectivity index (χ1) is 14.8. The first-order valence-corrected chi connectivity index (χ1v) is 13.0. The number of nitrogens with zero attached hydrogens (tertiary/aromatic N) is 2. The highest BCUT2D eigenvalue weighted by Gasteiger charge is 2.17. The predicted octanol–water partition coefficient (Wildman–Crippen LogP) is 7.87. The quantitative estimate of drug-likeness (QED) is 0.174. The molecule has 0 radical (unpaired) electrons. The van der Waals surface area contributed by atoms with Crippen molar-refractivity contribution in [1.82, 2.24) is 4.57 Å². The van der Waals surface area contributed by atoms with Crippen LogP contribution in [-0.2, 0) is 19.5 Å². The van der Waals surface area contributed by atoms with Crippen LogP contribution in [0, 0.1) is 0 Å². The second-order valence-corrected chi connectivity index (χ2v) is 9.01. The van der Waals surface area contributed by atoms with Crippen molar-refractivity contribution in [3.63, 3.8) is 0 Å². The maximum atomic E-state index is 2.55. The van der Waals surface area contributed by atoms with Crippen LogP contribution >= 0.6 is 0 Å². The lowest BCUT2D eigenvalue weighted by atomic mass is 10.1. The molecule has 0 aliphatic rings. The van der Waals surface area contributed by atoms with E-state index < -0.39 is 0 Å². The Balaban J connectivity index is 1.84. The molecular formula is C28H47N2+. The summed E-state index contributed by atoms with van der Waals surface area (Å²) in [7, 11) is 0. The van der Waals surface area contributed by atoms with Crippen molar-refractivity contribution in [2.45, 2.75) is 123 Å². The van der Waals surface area contributed by atoms with Crippen LogP contribution in [-0.4, -0.2) is 4.57 Å². The molecule has 0 bridgehead atoms. The van der Waals surface area contributed by atoms with Gasteiger partial charge in [0, 0.05) is 6.42 Å². The molecule has 2 heteroatoms. The van der Waals surface area contributed by atoms with Crippen molar-refractivity contribution in [2.24, 2.45) is 0 Å². The Labute approximate surface area is 186 Å². The molecule has 168 valence electrons. The van der Waals surface area contributed by atoms with Gasteiger partial charge in [-0.25, -0.2) is 9.13 Å². The lowest BCUT2D eigenvalue weighted by Crippen LogP contribution is -2.37. The van der Waals surface area contributed by atoms with Crippen molar-refractivity contribution < 1.29 is 4.57 Å². The molecule has 2 aromatic rings. The van der Waals surface area contributed by atoms with E-state index in [2.05, 4.69) is 65.7 Å². The summed E-state index contributed by atoms with van der Waals surface area (Å²) in [6.45, 7) is 6.77. The third-order valence-electron chi connectivity index (χ3n) is 6.29. The van der Waals surface area contributed by atoms with Gasteiger partial charge in [0.1, 0.15) is 18.9 Å². The van der Waals surface area contributed by atoms with Crippen LogP contribution in [0.4, 0.5) is 0 Å². The normalized spacial score (nSPS) is 11.3. The van der Waals surface area contributed by atoms with E-state index in [0.29, 0.717) is 0 Å². The predicted molar refractivity (Wildman–Crippen MR) is 130 cm³/mol. The lowest BCUT2D eigenvalue weighted by Gasteiger charge is -2.07. The number of hydrogen-bond donors (Lipinski definition) is 0. The van der Waals surface area contributed by atoms with Gasteiger partial charge in [0.2, 0.25) is 0 Å². The van der Waals surface area contributed by atoms with E-state index in [1.165, 1.54) is 114 Å². The SMILES string of the molecule is CCCCCCCCCCc1n(CCCCCCCC)cc[n+]1Cc1ccccc1. The van der Waals surface area contributed by atoms with Crippen molar-refractivity contribution in [3.05, 3.63) is 54.1 Å². The van der Waals surface area contributed by atoms with E-state index in [1.807, 2.05) is 0 Å². The number of unbranched alkanes of at least 4 members (excludes halogenated alkanes) is 12. The van der Waals surface area contributed by atoms with Gasteiger partial charge in [0.05, 0.1) is 6.54 Å². The van der Waals surface area contributed by atoms with Gasteiger partial charge in [0.15, 0.2) is 0 Å². The Morgan fingerprint density at radius 3 is 1.87 bits per heavy atom. The Morgan fingerprint density at radius 1 is 0.667 bits per heavy atom. The summed E-state index contributed by atoms with van der Waals surface area (Å²) >= 11 is 0. The molecule has 0 amide bonds. The fourth-order valence-electron chi connectivity index (χ4n) is 4.39. The first kappa shape index (κ1) is 24.7. The third-order valence-corrected chi connectivity index (χ3v) is 6.29. The van der Waals surface area contributed by atoms with Gasteiger partial charge in [0.25, 0.3) is 5.82 Å². The molecule has 0 saturated heterocycles. The molecule has 1 heterocycles. The lowest BCUT2D eigenvalue weighted by molar-refractivity contribution is -0.695. The van der Waals surface area contributed by atoms with E-state index in [0.717, 1.165) is 6.54 Å². The summed E-state index contributed by atoms with van der Waals surface area (Å²) in [5, 5.41) is 0. The molecule has 0 aliphatic heterocycles. The van der Waals surface area contributed by atoms with Gasteiger partial charge in [-0.3, -0.25) is 0 Å². The molecule has 0 atom stereocenters. The second-order valence-electron chi connectivity index (χ2n) is 9.01. The summed E-state index contributed by atoms with van der Waals surface area (Å²) < 4.78 is 5.04. The Hall–Kier alpha value is -1.57. The highest BCUT2D eigenvalue weighted by Crippen LogP contribution is 2.12. The molecule has 30 heavy (non-hydrogen) atoms. The van der Waals surface area contributed by atoms with Gasteiger partial charge >= 0.3 is 0 Å². The Kier molecular flexibility index (Phi) is 13.3. The summed E-state index contributed by atoms with van der Waals surface area (Å²) in [6.07, 6.45) is 25.2. The molecule has 0 N–H and O–H groups in total. The van der Waals surface area contributed by atoms with E-state index >= 15 is 0 Å². The topological polar surface area (TPSA) is 8.81 Å². The number of aromatic nitrogens is 2. The molecule has 0 spiro atoms. The average Bonchev–Trinajstić information content (AvgIpc) is 3.14. The number of benzene rings is 1. The average molecular weight is 412 g/mol. The van der Waals surface area contributed by atoms with Crippen LogP contribution in [0.25, 0.3) is 0 Å². The van der Waals surface area contributed by atoms with Crippen LogP contribution in [0.1, 0.15) is 115 Å². The highest BCUT2D eigenvalue weighted by atomic mass is 15.1. The van der Waals surface area contributed by atoms with E-state index in [9.17, 15) is 0 Å². The molecule has 2 rings (SSSR count). The summed E-state index contributed by atoms with van der Waals surface area (Å²) in [5.74, 6) is 1.53. The molecular weight excluding hydrogens is 364 g/mol. The number of hydrogen-bond acceptors (Lipinski definition) is 0. The zero-order valence-electron chi connectivity index (χ0n) is 20.0. The molecule has 0 aliphatic carbocycles.